The van der Waals surface area contributed by atoms with E-state index in [4.69, 9.17) is 5.11 Å². The topological polar surface area (TPSA) is 55.1 Å². The lowest BCUT2D eigenvalue weighted by atomic mass is 10.0. The summed E-state index contributed by atoms with van der Waals surface area (Å²) in [6.07, 6.45) is 8.66. The van der Waals surface area contributed by atoms with E-state index in [1.807, 2.05) is 13.1 Å². The van der Waals surface area contributed by atoms with Crippen LogP contribution in [0.3, 0.4) is 0 Å². The third-order valence-electron chi connectivity index (χ3n) is 3.44. The van der Waals surface area contributed by atoms with Crippen LogP contribution in [0.5, 0.6) is 0 Å². The Kier molecular flexibility index (Phi) is 4.69. The lowest BCUT2D eigenvalue weighted by Crippen LogP contribution is -2.05. The van der Waals surface area contributed by atoms with Gasteiger partial charge in [-0.25, -0.2) is 4.98 Å². The molecule has 1 aliphatic carbocycles. The quantitative estimate of drug-likeness (QED) is 0.806. The Labute approximate surface area is 112 Å². The van der Waals surface area contributed by atoms with Crippen molar-refractivity contribution in [1.82, 2.24) is 9.55 Å². The Bertz CT molecular complexity index is 411. The van der Waals surface area contributed by atoms with Crippen molar-refractivity contribution in [2.75, 3.05) is 5.75 Å². The first-order valence-electron chi connectivity index (χ1n) is 6.53. The largest absolute Gasteiger partial charge is 0.481 e. The molecule has 1 fully saturated rings. The van der Waals surface area contributed by atoms with Crippen LogP contribution in [0, 0.1) is 12.8 Å². The first-order valence-corrected chi connectivity index (χ1v) is 7.52. The maximum Gasteiger partial charge on any atom is 0.313 e. The molecule has 1 saturated carbocycles. The van der Waals surface area contributed by atoms with Crippen LogP contribution < -0.4 is 0 Å². The highest BCUT2D eigenvalue weighted by Crippen LogP contribution is 2.28. The Hall–Kier alpha value is -0.970. The van der Waals surface area contributed by atoms with Crippen molar-refractivity contribution in [2.45, 2.75) is 50.7 Å². The molecule has 1 aromatic rings. The second kappa shape index (κ2) is 6.27. The zero-order valence-electron chi connectivity index (χ0n) is 10.8. The first-order chi connectivity index (χ1) is 8.65. The number of carboxylic acid groups (broad SMARTS) is 1. The maximum absolute atomic E-state index is 10.6. The smallest absolute Gasteiger partial charge is 0.313 e. The fraction of sp³-hybridized carbons (Fsp3) is 0.692. The lowest BCUT2D eigenvalue weighted by molar-refractivity contribution is -0.133. The molecule has 2 rings (SSSR count). The van der Waals surface area contributed by atoms with E-state index in [-0.39, 0.29) is 5.75 Å². The average molecular weight is 268 g/mol. The highest BCUT2D eigenvalue weighted by molar-refractivity contribution is 7.99. The molecule has 0 amide bonds. The molecule has 100 valence electrons. The van der Waals surface area contributed by atoms with Crippen LogP contribution >= 0.6 is 11.8 Å². The summed E-state index contributed by atoms with van der Waals surface area (Å²) >= 11 is 1.31. The van der Waals surface area contributed by atoms with Crippen LogP contribution in [-0.2, 0) is 11.3 Å². The normalized spacial score (nSPS) is 16.3. The van der Waals surface area contributed by atoms with Crippen molar-refractivity contribution in [3.05, 3.63) is 11.9 Å². The summed E-state index contributed by atoms with van der Waals surface area (Å²) in [4.78, 5) is 15.0. The number of thioether (sulfide) groups is 1. The van der Waals surface area contributed by atoms with Gasteiger partial charge in [-0.05, 0) is 19.3 Å². The second-order valence-electron chi connectivity index (χ2n) is 4.98. The van der Waals surface area contributed by atoms with Crippen LogP contribution in [0.15, 0.2) is 11.4 Å². The monoisotopic (exact) mass is 268 g/mol. The van der Waals surface area contributed by atoms with Gasteiger partial charge in [-0.2, -0.15) is 0 Å². The number of rotatable bonds is 6. The van der Waals surface area contributed by atoms with E-state index in [0.29, 0.717) is 0 Å². The van der Waals surface area contributed by atoms with Crippen LogP contribution in [0.1, 0.15) is 37.8 Å². The van der Waals surface area contributed by atoms with Gasteiger partial charge in [0.1, 0.15) is 0 Å². The minimum Gasteiger partial charge on any atom is -0.481 e. The summed E-state index contributed by atoms with van der Waals surface area (Å²) in [7, 11) is 0. The third-order valence-corrected chi connectivity index (χ3v) is 4.41. The van der Waals surface area contributed by atoms with Gasteiger partial charge in [0.05, 0.1) is 11.4 Å². The van der Waals surface area contributed by atoms with E-state index in [1.54, 1.807) is 0 Å². The molecule has 0 aromatic carbocycles. The number of hydrogen-bond acceptors (Lipinski definition) is 3. The van der Waals surface area contributed by atoms with Gasteiger partial charge >= 0.3 is 5.97 Å². The molecule has 0 saturated heterocycles. The standard InChI is InChI=1S/C13H20N2O2S/c1-10-8-15(7-6-11-4-2-3-5-11)13(14-10)18-9-12(16)17/h8,11H,2-7,9H2,1H3,(H,16,17). The molecule has 18 heavy (non-hydrogen) atoms. The van der Waals surface area contributed by atoms with E-state index in [9.17, 15) is 4.79 Å². The summed E-state index contributed by atoms with van der Waals surface area (Å²) in [5.74, 6) is 0.146. The zero-order valence-corrected chi connectivity index (χ0v) is 11.6. The van der Waals surface area contributed by atoms with Crippen molar-refractivity contribution in [1.29, 1.82) is 0 Å². The van der Waals surface area contributed by atoms with Gasteiger partial charge in [-0.3, -0.25) is 4.79 Å². The van der Waals surface area contributed by atoms with Crippen LogP contribution in [-0.4, -0.2) is 26.4 Å². The minimum atomic E-state index is -0.789. The molecule has 1 N–H and O–H groups in total. The molecule has 0 spiro atoms. The highest BCUT2D eigenvalue weighted by atomic mass is 32.2. The summed E-state index contributed by atoms with van der Waals surface area (Å²) in [6.45, 7) is 2.92. The third kappa shape index (κ3) is 3.77. The summed E-state index contributed by atoms with van der Waals surface area (Å²) in [6, 6.07) is 0. The summed E-state index contributed by atoms with van der Waals surface area (Å²) < 4.78 is 2.11. The fourth-order valence-electron chi connectivity index (χ4n) is 2.55. The number of nitrogens with zero attached hydrogens (tertiary/aromatic N) is 2. The first kappa shape index (κ1) is 13.5. The SMILES string of the molecule is Cc1cn(CCC2CCCC2)c(SCC(=O)O)n1. The molecular weight excluding hydrogens is 248 g/mol. The number of aryl methyl sites for hydroxylation is 2. The number of aromatic nitrogens is 2. The number of imidazole rings is 1. The van der Waals surface area contributed by atoms with Gasteiger partial charge in [0.2, 0.25) is 0 Å². The average Bonchev–Trinajstić information content (AvgIpc) is 2.92. The molecule has 0 radical (unpaired) electrons. The molecule has 0 bridgehead atoms. The van der Waals surface area contributed by atoms with Gasteiger partial charge in [0, 0.05) is 12.7 Å². The number of carbonyl (C=O) groups is 1. The van der Waals surface area contributed by atoms with Gasteiger partial charge in [0.15, 0.2) is 5.16 Å². The van der Waals surface area contributed by atoms with Gasteiger partial charge in [0.25, 0.3) is 0 Å². The number of hydrogen-bond donors (Lipinski definition) is 1. The Morgan fingerprint density at radius 3 is 2.94 bits per heavy atom. The fourth-order valence-corrected chi connectivity index (χ4v) is 3.32. The van der Waals surface area contributed by atoms with Crippen molar-refractivity contribution in [2.24, 2.45) is 5.92 Å². The van der Waals surface area contributed by atoms with Gasteiger partial charge in [-0.15, -0.1) is 0 Å². The predicted octanol–water partition coefficient (Wildman–Crippen LogP) is 2.95. The molecule has 1 aliphatic rings. The molecule has 1 aromatic heterocycles. The van der Waals surface area contributed by atoms with Gasteiger partial charge < -0.3 is 9.67 Å². The molecule has 5 heteroatoms. The molecule has 4 nitrogen and oxygen atoms in total. The number of aliphatic carboxylic acids is 1. The van der Waals surface area contributed by atoms with Crippen molar-refractivity contribution < 1.29 is 9.90 Å². The van der Waals surface area contributed by atoms with Crippen molar-refractivity contribution in [3.63, 3.8) is 0 Å². The van der Waals surface area contributed by atoms with Crippen molar-refractivity contribution in [3.8, 4) is 0 Å². The van der Waals surface area contributed by atoms with E-state index < -0.39 is 5.97 Å². The summed E-state index contributed by atoms with van der Waals surface area (Å²) in [5, 5.41) is 9.56. The van der Waals surface area contributed by atoms with E-state index >= 15 is 0 Å². The molecule has 0 aliphatic heterocycles. The van der Waals surface area contributed by atoms with E-state index in [2.05, 4.69) is 9.55 Å². The Morgan fingerprint density at radius 1 is 1.56 bits per heavy atom. The summed E-state index contributed by atoms with van der Waals surface area (Å²) in [5.41, 5.74) is 0.967. The zero-order chi connectivity index (χ0) is 13.0. The Balaban J connectivity index is 1.91. The molecule has 1 heterocycles. The minimum absolute atomic E-state index is 0.0832. The van der Waals surface area contributed by atoms with Crippen LogP contribution in [0.25, 0.3) is 0 Å². The van der Waals surface area contributed by atoms with E-state index in [0.717, 1.165) is 23.3 Å². The maximum atomic E-state index is 10.6. The molecular formula is C13H20N2O2S. The van der Waals surface area contributed by atoms with Crippen molar-refractivity contribution >= 4 is 17.7 Å². The molecule has 0 unspecified atom stereocenters. The van der Waals surface area contributed by atoms with Crippen LogP contribution in [0.4, 0.5) is 0 Å². The second-order valence-corrected chi connectivity index (χ2v) is 5.92. The number of carboxylic acids is 1. The molecule has 0 atom stereocenters. The lowest BCUT2D eigenvalue weighted by Gasteiger charge is -2.10. The Morgan fingerprint density at radius 2 is 2.28 bits per heavy atom. The highest BCUT2D eigenvalue weighted by Gasteiger charge is 2.16. The van der Waals surface area contributed by atoms with Crippen LogP contribution in [0.2, 0.25) is 0 Å². The van der Waals surface area contributed by atoms with Gasteiger partial charge in [-0.1, -0.05) is 37.4 Å². The van der Waals surface area contributed by atoms with E-state index in [1.165, 1.54) is 43.9 Å². The predicted molar refractivity (Wildman–Crippen MR) is 71.9 cm³/mol.